The Bertz CT molecular complexity index is 1660. The summed E-state index contributed by atoms with van der Waals surface area (Å²) in [5.41, 5.74) is 5.98. The van der Waals surface area contributed by atoms with Gasteiger partial charge in [0.25, 0.3) is 0 Å². The summed E-state index contributed by atoms with van der Waals surface area (Å²) in [5.74, 6) is -7.34. The number of likely N-dealkylation sites (tertiary alicyclic amines) is 2. The van der Waals surface area contributed by atoms with E-state index in [-0.39, 0.29) is 56.0 Å². The smallest absolute Gasteiger partial charge is 0.326 e. The molecule has 10 atom stereocenters. The van der Waals surface area contributed by atoms with Crippen LogP contribution in [-0.2, 0) is 43.2 Å². The molecule has 20 nitrogen and oxygen atoms in total. The molecule has 2 heterocycles. The zero-order chi connectivity index (χ0) is 48.7. The summed E-state index contributed by atoms with van der Waals surface area (Å²) in [6, 6.07) is -8.74. The monoisotopic (exact) mass is 908 g/mol. The molecule has 0 bridgehead atoms. The van der Waals surface area contributed by atoms with Crippen LogP contribution < -0.4 is 37.6 Å². The number of aliphatic hydroxyl groups excluding tert-OH is 1. The number of nitrogens with one attached hydrogen (secondary N) is 6. The number of nitrogens with two attached hydrogens (primary N) is 1. The highest BCUT2D eigenvalue weighted by Gasteiger charge is 2.41. The van der Waals surface area contributed by atoms with Crippen molar-refractivity contribution in [3.8, 4) is 0 Å². The number of carboxylic acid groups (broad SMARTS) is 1. The van der Waals surface area contributed by atoms with Crippen LogP contribution in [0.3, 0.4) is 0 Å². The van der Waals surface area contributed by atoms with E-state index in [1.165, 1.54) is 16.7 Å². The van der Waals surface area contributed by atoms with Crippen molar-refractivity contribution in [3.63, 3.8) is 0 Å². The Morgan fingerprint density at radius 1 is 0.609 bits per heavy atom. The van der Waals surface area contributed by atoms with Crippen LogP contribution in [0.25, 0.3) is 0 Å². The Hall–Kier alpha value is -4.85. The Morgan fingerprint density at radius 3 is 1.59 bits per heavy atom. The average Bonchev–Trinajstić information content (AvgIpc) is 3.92. The molecular weight excluding hydrogens is 831 g/mol. The highest BCUT2D eigenvalue weighted by molar-refractivity contribution is 5.98. The van der Waals surface area contributed by atoms with Gasteiger partial charge in [-0.3, -0.25) is 38.4 Å². The molecule has 2 saturated heterocycles. The summed E-state index contributed by atoms with van der Waals surface area (Å²) >= 11 is 0. The maximum atomic E-state index is 14.1. The molecule has 10 N–H and O–H groups in total. The number of rotatable bonds is 24. The van der Waals surface area contributed by atoms with Crippen molar-refractivity contribution in [1.29, 1.82) is 0 Å². The Labute approximate surface area is 378 Å². The Kier molecular flexibility index (Phi) is 22.1. The van der Waals surface area contributed by atoms with Crippen LogP contribution in [0.5, 0.6) is 0 Å². The predicted octanol–water partition coefficient (Wildman–Crippen LogP) is -0.248. The summed E-state index contributed by atoms with van der Waals surface area (Å²) in [4.78, 5) is 123. The fourth-order valence-electron chi connectivity index (χ4n) is 7.82. The number of carbonyl (C=O) groups is 9. The van der Waals surface area contributed by atoms with Crippen LogP contribution in [0.1, 0.15) is 121 Å². The molecule has 0 spiro atoms. The molecule has 20 heteroatoms. The van der Waals surface area contributed by atoms with Gasteiger partial charge in [-0.2, -0.15) is 0 Å². The number of hydrogen-bond acceptors (Lipinski definition) is 11. The lowest BCUT2D eigenvalue weighted by Crippen LogP contribution is -2.62. The van der Waals surface area contributed by atoms with E-state index in [0.717, 1.165) is 0 Å². The van der Waals surface area contributed by atoms with Crippen molar-refractivity contribution in [1.82, 2.24) is 41.7 Å². The quantitative estimate of drug-likeness (QED) is 0.0606. The molecular formula is C44H77N9O11. The second-order valence-corrected chi connectivity index (χ2v) is 19.0. The molecule has 0 aromatic carbocycles. The van der Waals surface area contributed by atoms with E-state index < -0.39 is 120 Å². The summed E-state index contributed by atoms with van der Waals surface area (Å²) < 4.78 is 0. The van der Waals surface area contributed by atoms with Crippen LogP contribution in [0.2, 0.25) is 0 Å². The van der Waals surface area contributed by atoms with Gasteiger partial charge in [-0.25, -0.2) is 4.79 Å². The van der Waals surface area contributed by atoms with E-state index in [4.69, 9.17) is 5.73 Å². The lowest BCUT2D eigenvalue weighted by Gasteiger charge is -2.32. The molecule has 0 unspecified atom stereocenters. The van der Waals surface area contributed by atoms with Crippen LogP contribution in [0.15, 0.2) is 0 Å². The summed E-state index contributed by atoms with van der Waals surface area (Å²) in [6.45, 7) is 19.1. The molecule has 8 amide bonds. The van der Waals surface area contributed by atoms with Crippen molar-refractivity contribution in [2.24, 2.45) is 35.3 Å². The normalized spacial score (nSPS) is 20.1. The number of amides is 8. The van der Waals surface area contributed by atoms with Crippen LogP contribution >= 0.6 is 0 Å². The molecule has 64 heavy (non-hydrogen) atoms. The zero-order valence-corrected chi connectivity index (χ0v) is 39.7. The minimum absolute atomic E-state index is 0.0114. The molecule has 2 fully saturated rings. The van der Waals surface area contributed by atoms with Crippen molar-refractivity contribution >= 4 is 53.2 Å². The SMILES string of the molecule is CC[C@H](C)[C@H](NC(=O)[C@@H]1CCCN1C(=O)CNC(=O)[C@@H]1CCCN1C(=O)[C@H](CC(C)C)NC(=O)[C@@H](NC(=O)[C@@H](NC(=O)[C@@H](N)C(C)C)C(C)C)[C@@H](C)O)C(=O)N[C@@H](CC(C)C)C(=O)O. The number of carbonyl (C=O) groups excluding carboxylic acids is 8. The number of nitrogens with zero attached hydrogens (tertiary/aromatic N) is 2. The molecule has 0 radical (unpaired) electrons. The predicted molar refractivity (Wildman–Crippen MR) is 237 cm³/mol. The number of hydrogen-bond donors (Lipinski definition) is 9. The molecule has 2 rings (SSSR count). The number of aliphatic hydroxyl groups is 1. The van der Waals surface area contributed by atoms with Gasteiger partial charge in [0.15, 0.2) is 0 Å². The summed E-state index contributed by atoms with van der Waals surface area (Å²) in [6.07, 6.45) is 0.977. The second-order valence-electron chi connectivity index (χ2n) is 19.0. The third-order valence-electron chi connectivity index (χ3n) is 11.9. The standard InChI is InChI=1S/C44H77N9O11/c1-12-26(10)35(41(60)48-29(44(63)64)20-23(4)5)50-38(57)31-16-13-17-52(31)32(55)21-46-37(56)30-15-14-18-53(30)43(62)28(19-22(2)3)47-42(61)36(27(11)54)51-40(59)34(25(8)9)49-39(58)33(45)24(6)7/h22-31,33-36,54H,12-21,45H2,1-11H3,(H,46,56)(H,47,61)(H,48,60)(H,49,58)(H,50,57)(H,51,59)(H,63,64)/t26-,27+,28-,29-,30-,31-,33-,34-,35-,36-/m0/s1. The van der Waals surface area contributed by atoms with Gasteiger partial charge in [0, 0.05) is 13.1 Å². The molecule has 0 aliphatic carbocycles. The Morgan fingerprint density at radius 2 is 1.09 bits per heavy atom. The number of aliphatic carboxylic acids is 1. The van der Waals surface area contributed by atoms with Gasteiger partial charge in [-0.1, -0.05) is 75.7 Å². The van der Waals surface area contributed by atoms with Crippen LogP contribution in [0, 0.1) is 29.6 Å². The van der Waals surface area contributed by atoms with Gasteiger partial charge in [-0.05, 0) is 75.0 Å². The van der Waals surface area contributed by atoms with Gasteiger partial charge < -0.3 is 57.6 Å². The van der Waals surface area contributed by atoms with E-state index in [1.54, 1.807) is 34.6 Å². The lowest BCUT2D eigenvalue weighted by atomic mass is 9.96. The molecule has 0 aromatic heterocycles. The van der Waals surface area contributed by atoms with Gasteiger partial charge in [0.2, 0.25) is 47.3 Å². The fraction of sp³-hybridized carbons (Fsp3) is 0.795. The highest BCUT2D eigenvalue weighted by atomic mass is 16.4. The molecule has 364 valence electrons. The lowest BCUT2D eigenvalue weighted by molar-refractivity contribution is -0.144. The molecule has 0 aromatic rings. The molecule has 2 aliphatic rings. The van der Waals surface area contributed by atoms with Crippen molar-refractivity contribution in [2.45, 2.75) is 176 Å². The van der Waals surface area contributed by atoms with E-state index in [1.807, 2.05) is 34.6 Å². The summed E-state index contributed by atoms with van der Waals surface area (Å²) in [5, 5.41) is 36.0. The van der Waals surface area contributed by atoms with E-state index in [9.17, 15) is 53.4 Å². The minimum Gasteiger partial charge on any atom is -0.480 e. The number of carboxylic acids is 1. The van der Waals surface area contributed by atoms with E-state index in [0.29, 0.717) is 25.7 Å². The summed E-state index contributed by atoms with van der Waals surface area (Å²) in [7, 11) is 0. The molecule has 0 saturated carbocycles. The third-order valence-corrected chi connectivity index (χ3v) is 11.9. The Balaban J connectivity index is 2.16. The van der Waals surface area contributed by atoms with Crippen molar-refractivity contribution in [2.75, 3.05) is 19.6 Å². The average molecular weight is 908 g/mol. The fourth-order valence-corrected chi connectivity index (χ4v) is 7.82. The van der Waals surface area contributed by atoms with Crippen molar-refractivity contribution < 1.29 is 53.4 Å². The topological polar surface area (TPSA) is 299 Å². The maximum absolute atomic E-state index is 14.1. The van der Waals surface area contributed by atoms with Gasteiger partial charge >= 0.3 is 5.97 Å². The largest absolute Gasteiger partial charge is 0.480 e. The first-order valence-corrected chi connectivity index (χ1v) is 22.9. The first kappa shape index (κ1) is 55.3. The highest BCUT2D eigenvalue weighted by Crippen LogP contribution is 2.22. The minimum atomic E-state index is -1.51. The van der Waals surface area contributed by atoms with Crippen LogP contribution in [-0.4, -0.2) is 147 Å². The van der Waals surface area contributed by atoms with E-state index in [2.05, 4.69) is 31.9 Å². The third kappa shape index (κ3) is 16.0. The zero-order valence-electron chi connectivity index (χ0n) is 39.7. The first-order chi connectivity index (χ1) is 29.8. The maximum Gasteiger partial charge on any atom is 0.326 e. The van der Waals surface area contributed by atoms with Crippen molar-refractivity contribution in [3.05, 3.63) is 0 Å². The molecule has 2 aliphatic heterocycles. The van der Waals surface area contributed by atoms with Crippen LogP contribution in [0.4, 0.5) is 0 Å². The van der Waals surface area contributed by atoms with Gasteiger partial charge in [0.05, 0.1) is 18.7 Å². The second kappa shape index (κ2) is 25.6. The van der Waals surface area contributed by atoms with Gasteiger partial charge in [0.1, 0.15) is 42.3 Å². The van der Waals surface area contributed by atoms with E-state index >= 15 is 0 Å². The van der Waals surface area contributed by atoms with Gasteiger partial charge in [-0.15, -0.1) is 0 Å². The first-order valence-electron chi connectivity index (χ1n) is 22.9.